The van der Waals surface area contributed by atoms with E-state index in [4.69, 9.17) is 19.8 Å². The molecule has 0 unspecified atom stereocenters. The Hall–Kier alpha value is -1.20. The summed E-state index contributed by atoms with van der Waals surface area (Å²) in [6.45, 7) is 9.05. The van der Waals surface area contributed by atoms with Crippen molar-refractivity contribution in [3.05, 3.63) is 12.3 Å². The Morgan fingerprint density at radius 3 is 2.28 bits per heavy atom. The van der Waals surface area contributed by atoms with Crippen LogP contribution in [0.4, 0.5) is 5.82 Å². The first-order valence-corrected chi connectivity index (χ1v) is 9.67. The van der Waals surface area contributed by atoms with Crippen molar-refractivity contribution in [1.82, 2.24) is 9.29 Å². The highest BCUT2D eigenvalue weighted by atomic mass is 32.2. The lowest BCUT2D eigenvalue weighted by molar-refractivity contribution is 0.00578. The Kier molecular flexibility index (Phi) is 4.61. The van der Waals surface area contributed by atoms with Crippen molar-refractivity contribution in [3.63, 3.8) is 0 Å². The van der Waals surface area contributed by atoms with E-state index >= 15 is 0 Å². The molecule has 138 valence electrons. The van der Waals surface area contributed by atoms with E-state index < -0.39 is 28.3 Å². The molecule has 0 radical (unpaired) electrons. The van der Waals surface area contributed by atoms with E-state index in [0.29, 0.717) is 31.8 Å². The summed E-state index contributed by atoms with van der Waals surface area (Å²) in [5, 5.41) is 0. The highest BCUT2D eigenvalue weighted by Crippen LogP contribution is 2.36. The molecule has 0 saturated carbocycles. The topological polar surface area (TPSA) is 104 Å². The molecule has 2 N–H and O–H groups in total. The Morgan fingerprint density at radius 2 is 1.72 bits per heavy atom. The lowest BCUT2D eigenvalue weighted by Gasteiger charge is -2.32. The molecule has 0 spiro atoms. The normalized spacial score (nSPS) is 23.8. The lowest BCUT2D eigenvalue weighted by atomic mass is 9.80. The maximum atomic E-state index is 12.9. The Morgan fingerprint density at radius 1 is 1.16 bits per heavy atom. The van der Waals surface area contributed by atoms with Crippen LogP contribution in [0, 0.1) is 0 Å². The first kappa shape index (κ1) is 18.6. The fraction of sp³-hybridized carbons (Fsp3) is 0.667. The van der Waals surface area contributed by atoms with Crippen molar-refractivity contribution < 1.29 is 22.5 Å². The van der Waals surface area contributed by atoms with Gasteiger partial charge in [-0.15, -0.1) is 0 Å². The van der Waals surface area contributed by atoms with Gasteiger partial charge in [0.05, 0.1) is 24.4 Å². The van der Waals surface area contributed by atoms with Crippen molar-refractivity contribution in [2.75, 3.05) is 32.0 Å². The third kappa shape index (κ3) is 3.29. The molecule has 0 amide bonds. The summed E-state index contributed by atoms with van der Waals surface area (Å²) < 4.78 is 44.3. The number of sulfonamides is 1. The molecule has 1 aromatic heterocycles. The molecule has 0 atom stereocenters. The summed E-state index contributed by atoms with van der Waals surface area (Å²) in [5.74, 6) is -0.0354. The fourth-order valence-electron chi connectivity index (χ4n) is 2.71. The predicted octanol–water partition coefficient (Wildman–Crippen LogP) is -0.0161. The number of nitrogens with zero attached hydrogens (tertiary/aromatic N) is 2. The van der Waals surface area contributed by atoms with Crippen LogP contribution in [0.25, 0.3) is 0 Å². The number of pyridine rings is 1. The van der Waals surface area contributed by atoms with E-state index in [1.54, 1.807) is 0 Å². The van der Waals surface area contributed by atoms with Crippen molar-refractivity contribution in [2.45, 2.75) is 43.8 Å². The van der Waals surface area contributed by atoms with Crippen LogP contribution in [0.5, 0.6) is 0 Å². The molecule has 2 aliphatic heterocycles. The van der Waals surface area contributed by atoms with Gasteiger partial charge in [-0.05, 0) is 33.8 Å². The highest BCUT2D eigenvalue weighted by Gasteiger charge is 2.52. The Bertz CT molecular complexity index is 746. The van der Waals surface area contributed by atoms with Crippen molar-refractivity contribution in [2.24, 2.45) is 0 Å². The molecule has 3 heterocycles. The van der Waals surface area contributed by atoms with Gasteiger partial charge < -0.3 is 19.8 Å². The maximum Gasteiger partial charge on any atom is 0.496 e. The van der Waals surface area contributed by atoms with Gasteiger partial charge in [-0.25, -0.2) is 13.4 Å². The molecule has 25 heavy (non-hydrogen) atoms. The molecule has 2 fully saturated rings. The first-order chi connectivity index (χ1) is 11.5. The highest BCUT2D eigenvalue weighted by molar-refractivity contribution is 7.89. The zero-order valence-electron chi connectivity index (χ0n) is 15.0. The number of nitrogen functional groups attached to an aromatic ring is 1. The van der Waals surface area contributed by atoms with Crippen LogP contribution >= 0.6 is 0 Å². The maximum absolute atomic E-state index is 12.9. The summed E-state index contributed by atoms with van der Waals surface area (Å²) >= 11 is 0. The second-order valence-electron chi connectivity index (χ2n) is 7.26. The van der Waals surface area contributed by atoms with Gasteiger partial charge in [0, 0.05) is 24.7 Å². The molecular weight excluding hydrogens is 345 g/mol. The van der Waals surface area contributed by atoms with Crippen LogP contribution in [0.1, 0.15) is 27.7 Å². The average molecular weight is 369 g/mol. The molecular formula is C15H24BN3O5S. The number of ether oxygens (including phenoxy) is 1. The molecule has 2 saturated heterocycles. The number of hydrogen-bond donors (Lipinski definition) is 1. The van der Waals surface area contributed by atoms with Crippen LogP contribution in [0.15, 0.2) is 17.2 Å². The zero-order valence-corrected chi connectivity index (χ0v) is 15.8. The SMILES string of the molecule is CC1(C)OB(c2cnc(N)c(S(=O)(=O)N3CCOCC3)c2)OC1(C)C. The second-order valence-corrected chi connectivity index (χ2v) is 9.16. The van der Waals surface area contributed by atoms with Crippen LogP contribution in [-0.2, 0) is 24.1 Å². The molecule has 0 aliphatic carbocycles. The van der Waals surface area contributed by atoms with E-state index in [1.165, 1.54) is 16.6 Å². The van der Waals surface area contributed by atoms with Gasteiger partial charge in [0.25, 0.3) is 0 Å². The van der Waals surface area contributed by atoms with E-state index in [1.807, 2.05) is 27.7 Å². The molecule has 1 aromatic rings. The smallest absolute Gasteiger partial charge is 0.399 e. The largest absolute Gasteiger partial charge is 0.496 e. The lowest BCUT2D eigenvalue weighted by Crippen LogP contribution is -2.42. The molecule has 10 heteroatoms. The standard InChI is InChI=1S/C15H24BN3O5S/c1-14(2)15(3,4)24-16(23-14)11-9-12(13(17)18-10-11)25(20,21)19-5-7-22-8-6-19/h9-10H,5-8H2,1-4H3,(H2,17,18). The van der Waals surface area contributed by atoms with Crippen molar-refractivity contribution in [3.8, 4) is 0 Å². The average Bonchev–Trinajstić information content (AvgIpc) is 2.76. The summed E-state index contributed by atoms with van der Waals surface area (Å²) in [6.07, 6.45) is 1.50. The molecule has 8 nitrogen and oxygen atoms in total. The van der Waals surface area contributed by atoms with Gasteiger partial charge in [0.1, 0.15) is 10.7 Å². The molecule has 0 bridgehead atoms. The van der Waals surface area contributed by atoms with Crippen LogP contribution < -0.4 is 11.2 Å². The molecule has 3 rings (SSSR count). The molecule has 0 aromatic carbocycles. The van der Waals surface area contributed by atoms with E-state index in [-0.39, 0.29) is 10.7 Å². The number of rotatable bonds is 3. The summed E-state index contributed by atoms with van der Waals surface area (Å²) in [6, 6.07) is 1.50. The zero-order chi connectivity index (χ0) is 18.5. The van der Waals surface area contributed by atoms with Gasteiger partial charge in [-0.3, -0.25) is 0 Å². The van der Waals surface area contributed by atoms with Crippen molar-refractivity contribution in [1.29, 1.82) is 0 Å². The third-order valence-corrected chi connectivity index (χ3v) is 6.94. The minimum Gasteiger partial charge on any atom is -0.399 e. The van der Waals surface area contributed by atoms with Gasteiger partial charge in [-0.2, -0.15) is 4.31 Å². The quantitative estimate of drug-likeness (QED) is 0.747. The summed E-state index contributed by atoms with van der Waals surface area (Å²) in [7, 11) is -4.45. The fourth-order valence-corrected chi connectivity index (χ4v) is 4.22. The molecule has 2 aliphatic rings. The van der Waals surface area contributed by atoms with Gasteiger partial charge in [0.2, 0.25) is 10.0 Å². The van der Waals surface area contributed by atoms with E-state index in [9.17, 15) is 8.42 Å². The monoisotopic (exact) mass is 369 g/mol. The Balaban J connectivity index is 1.94. The number of hydrogen-bond acceptors (Lipinski definition) is 7. The number of aromatic nitrogens is 1. The van der Waals surface area contributed by atoms with Gasteiger partial charge in [0.15, 0.2) is 0 Å². The minimum atomic E-state index is -3.75. The number of morpholine rings is 1. The van der Waals surface area contributed by atoms with Crippen LogP contribution in [0.3, 0.4) is 0 Å². The number of anilines is 1. The minimum absolute atomic E-state index is 0.0263. The summed E-state index contributed by atoms with van der Waals surface area (Å²) in [4.78, 5) is 4.03. The van der Waals surface area contributed by atoms with Gasteiger partial charge >= 0.3 is 7.12 Å². The van der Waals surface area contributed by atoms with Crippen LogP contribution in [0.2, 0.25) is 0 Å². The predicted molar refractivity (Wildman–Crippen MR) is 93.9 cm³/mol. The van der Waals surface area contributed by atoms with E-state index in [2.05, 4.69) is 4.98 Å². The second kappa shape index (κ2) is 6.20. The van der Waals surface area contributed by atoms with Crippen LogP contribution in [-0.4, -0.2) is 62.3 Å². The summed E-state index contributed by atoms with van der Waals surface area (Å²) in [5.41, 5.74) is 5.33. The van der Waals surface area contributed by atoms with E-state index in [0.717, 1.165) is 0 Å². The third-order valence-electron chi connectivity index (χ3n) is 5.02. The van der Waals surface area contributed by atoms with Crippen molar-refractivity contribution >= 4 is 28.4 Å². The van der Waals surface area contributed by atoms with Gasteiger partial charge in [-0.1, -0.05) is 0 Å². The number of nitrogens with two attached hydrogens (primary N) is 1. The Labute approximate surface area is 148 Å². The first-order valence-electron chi connectivity index (χ1n) is 8.23.